The van der Waals surface area contributed by atoms with Crippen LogP contribution in [0.4, 0.5) is 0 Å². The van der Waals surface area contributed by atoms with Gasteiger partial charge in [0, 0.05) is 25.7 Å². The lowest BCUT2D eigenvalue weighted by molar-refractivity contribution is -0.190. The molecule has 1 aliphatic carbocycles. The van der Waals surface area contributed by atoms with E-state index in [-0.39, 0.29) is 50.1 Å². The smallest absolute Gasteiger partial charge is 0.220 e. The molecule has 622 valence electrons. The molecular weight excluding hydrogens is 1370 g/mol. The van der Waals surface area contributed by atoms with Crippen molar-refractivity contribution in [1.82, 2.24) is 21.3 Å². The maximum Gasteiger partial charge on any atom is 0.220 e. The first-order chi connectivity index (χ1) is 51.5. The first kappa shape index (κ1) is 114. The number of ether oxygens (including phenoxy) is 4. The van der Waals surface area contributed by atoms with Crippen LogP contribution in [0.3, 0.4) is 0 Å². The quantitative estimate of drug-likeness (QED) is 0.0627. The molecule has 9 rings (SSSR count). The number of nitrogens with one attached hydrogen (secondary N) is 4. The molecular formula is C83H150N4O20. The Labute approximate surface area is 644 Å². The van der Waals surface area contributed by atoms with Gasteiger partial charge in [0.15, 0.2) is 0 Å². The van der Waals surface area contributed by atoms with E-state index in [1.54, 1.807) is 55.4 Å². The molecule has 4 saturated heterocycles. The van der Waals surface area contributed by atoms with Crippen LogP contribution in [0.1, 0.15) is 198 Å². The first-order valence-electron chi connectivity index (χ1n) is 38.9. The second-order valence-electron chi connectivity index (χ2n) is 21.7. The van der Waals surface area contributed by atoms with Crippen LogP contribution in [-0.4, -0.2) is 233 Å². The summed E-state index contributed by atoms with van der Waals surface area (Å²) in [5.41, 5.74) is 0. The molecule has 5 aliphatic rings. The second-order valence-corrected chi connectivity index (χ2v) is 21.7. The Morgan fingerprint density at radius 2 is 0.458 bits per heavy atom. The fraction of sp³-hybridized carbons (Fsp3) is 0.639. The van der Waals surface area contributed by atoms with Crippen LogP contribution in [0.25, 0.3) is 10.8 Å². The summed E-state index contributed by atoms with van der Waals surface area (Å²) in [6.07, 6.45) is -3.61. The normalized spacial score (nSPS) is 26.7. The summed E-state index contributed by atoms with van der Waals surface area (Å²) in [5.74, 6) is -0.855. The number of rotatable bonds is 12. The lowest BCUT2D eigenvalue weighted by Gasteiger charge is -2.41. The summed E-state index contributed by atoms with van der Waals surface area (Å²) in [6, 6.07) is 38.1. The third-order valence-corrected chi connectivity index (χ3v) is 14.9. The summed E-state index contributed by atoms with van der Waals surface area (Å²) in [4.78, 5) is 44.9. The molecule has 4 aromatic rings. The maximum atomic E-state index is 11.2. The van der Waals surface area contributed by atoms with Crippen LogP contribution in [0.15, 0.2) is 146 Å². The van der Waals surface area contributed by atoms with Crippen LogP contribution in [-0.2, 0) is 38.1 Å². The van der Waals surface area contributed by atoms with E-state index in [0.29, 0.717) is 25.7 Å². The van der Waals surface area contributed by atoms with Crippen molar-refractivity contribution >= 4 is 34.4 Å². The van der Waals surface area contributed by atoms with E-state index in [4.69, 9.17) is 39.4 Å². The molecule has 4 aliphatic heterocycles. The lowest BCUT2D eigenvalue weighted by atomic mass is 9.93. The Hall–Kier alpha value is -6.14. The highest BCUT2D eigenvalue weighted by Gasteiger charge is 2.46. The minimum atomic E-state index is -1.19. The Balaban J connectivity index is -0.000000212. The minimum absolute atomic E-state index is 0.214. The molecule has 4 aromatic carbocycles. The molecule has 8 unspecified atom stereocenters. The van der Waals surface area contributed by atoms with Crippen molar-refractivity contribution < 1.29 is 99.4 Å². The van der Waals surface area contributed by atoms with Gasteiger partial charge >= 0.3 is 0 Å². The summed E-state index contributed by atoms with van der Waals surface area (Å²) < 4.78 is 21.2. The zero-order valence-electron chi connectivity index (χ0n) is 69.4. The van der Waals surface area contributed by atoms with Crippen molar-refractivity contribution in [2.24, 2.45) is 0 Å². The molecule has 16 N–H and O–H groups in total. The molecule has 0 aromatic heterocycles. The molecule has 0 bridgehead atoms. The summed E-state index contributed by atoms with van der Waals surface area (Å²) in [7, 11) is 0. The summed E-state index contributed by atoms with van der Waals surface area (Å²) >= 11 is 0. The average Bonchev–Trinajstić information content (AvgIpc) is 0.856. The van der Waals surface area contributed by atoms with E-state index >= 15 is 0 Å². The van der Waals surface area contributed by atoms with E-state index in [2.05, 4.69) is 94.1 Å². The molecule has 4 amide bonds. The maximum absolute atomic E-state index is 11.2. The number of fused-ring (bicyclic) bond motifs is 1. The highest BCUT2D eigenvalue weighted by atomic mass is 16.5. The van der Waals surface area contributed by atoms with Gasteiger partial charge < -0.3 is 101 Å². The molecule has 107 heavy (non-hydrogen) atoms. The number of hydrogen-bond donors (Lipinski definition) is 16. The molecule has 24 heteroatoms. The fourth-order valence-electron chi connectivity index (χ4n) is 9.47. The SMILES string of the molecule is C1=CCC=C1.CC.CC.CC.CC.CC.CC.CC.CC.CCC(=O)NC1[C@@H](O)[C@@H](O)C(CO)O[C@@H]1C.CCC(=O)NC1[C@@H](O)[C@@H](O)C(CO)O[C@@H]1C.CCC(=O)NC1[C@@H](O)[C@@H](O)C(CO)O[C@@H]1C.CCC(=O)NC1[C@@H](O)[C@@H](O)C(CO)O[C@@H]1C.c1ccc2ccccc2c1.c1ccccc1.c1ccccc1. The number of allylic oxidation sites excluding steroid dienone is 4. The van der Waals surface area contributed by atoms with Crippen molar-refractivity contribution in [1.29, 1.82) is 0 Å². The largest absolute Gasteiger partial charge is 0.394 e. The Morgan fingerprint density at radius 3 is 0.579 bits per heavy atom. The second kappa shape index (κ2) is 76.6. The van der Waals surface area contributed by atoms with Gasteiger partial charge in [0.1, 0.15) is 73.2 Å². The van der Waals surface area contributed by atoms with Crippen LogP contribution < -0.4 is 21.3 Å². The molecule has 0 saturated carbocycles. The number of carbonyl (C=O) groups is 4. The minimum Gasteiger partial charge on any atom is -0.394 e. The number of hydrogen-bond acceptors (Lipinski definition) is 20. The summed E-state index contributed by atoms with van der Waals surface area (Å²) in [6.45, 7) is 44.0. The molecule has 4 fully saturated rings. The highest BCUT2D eigenvalue weighted by molar-refractivity contribution is 5.82. The van der Waals surface area contributed by atoms with Gasteiger partial charge in [-0.05, 0) is 44.9 Å². The van der Waals surface area contributed by atoms with Gasteiger partial charge in [-0.1, -0.05) is 284 Å². The van der Waals surface area contributed by atoms with Gasteiger partial charge in [0.05, 0.1) is 75.0 Å². The fourth-order valence-corrected chi connectivity index (χ4v) is 9.47. The van der Waals surface area contributed by atoms with Gasteiger partial charge in [0.2, 0.25) is 23.6 Å². The Kier molecular flexibility index (Phi) is 81.8. The molecule has 24 nitrogen and oxygen atoms in total. The molecule has 4 heterocycles. The van der Waals surface area contributed by atoms with E-state index in [9.17, 15) is 60.0 Å². The van der Waals surface area contributed by atoms with Gasteiger partial charge in [-0.15, -0.1) is 0 Å². The van der Waals surface area contributed by atoms with Gasteiger partial charge in [0.25, 0.3) is 0 Å². The Morgan fingerprint density at radius 1 is 0.299 bits per heavy atom. The summed E-state index contributed by atoms with van der Waals surface area (Å²) in [5, 5.41) is 126. The lowest BCUT2D eigenvalue weighted by Crippen LogP contribution is -2.63. The highest BCUT2D eigenvalue weighted by Crippen LogP contribution is 2.24. The zero-order valence-corrected chi connectivity index (χ0v) is 69.4. The van der Waals surface area contributed by atoms with Crippen LogP contribution in [0.5, 0.6) is 0 Å². The molecule has 0 radical (unpaired) electrons. The number of carbonyl (C=O) groups excluding carboxylic acids is 4. The number of aliphatic hydroxyl groups is 12. The van der Waals surface area contributed by atoms with Gasteiger partial charge in [-0.3, -0.25) is 19.2 Å². The van der Waals surface area contributed by atoms with Crippen molar-refractivity contribution in [2.45, 2.75) is 320 Å². The predicted octanol–water partition coefficient (Wildman–Crippen LogP) is 9.46. The van der Waals surface area contributed by atoms with Crippen molar-refractivity contribution in [3.8, 4) is 0 Å². The van der Waals surface area contributed by atoms with E-state index < -0.39 is 122 Å². The molecule has 0 spiro atoms. The zero-order chi connectivity index (χ0) is 84.0. The van der Waals surface area contributed by atoms with Gasteiger partial charge in [-0.25, -0.2) is 0 Å². The van der Waals surface area contributed by atoms with Crippen LogP contribution >= 0.6 is 0 Å². The average molecular weight is 1520 g/mol. The third kappa shape index (κ3) is 48.2. The van der Waals surface area contributed by atoms with Crippen LogP contribution in [0.2, 0.25) is 0 Å². The topological polar surface area (TPSA) is 396 Å². The Bertz CT molecular complexity index is 2290. The van der Waals surface area contributed by atoms with Crippen LogP contribution in [0, 0.1) is 0 Å². The van der Waals surface area contributed by atoms with E-state index in [0.717, 1.165) is 6.42 Å². The third-order valence-electron chi connectivity index (χ3n) is 14.9. The van der Waals surface area contributed by atoms with E-state index in [1.807, 2.05) is 184 Å². The number of amides is 4. The van der Waals surface area contributed by atoms with E-state index in [1.165, 1.54) is 10.8 Å². The molecule has 20 atom stereocenters. The first-order valence-corrected chi connectivity index (χ1v) is 38.9. The number of benzene rings is 4. The van der Waals surface area contributed by atoms with Gasteiger partial charge in [-0.2, -0.15) is 0 Å². The monoisotopic (exact) mass is 1520 g/mol. The van der Waals surface area contributed by atoms with Crippen molar-refractivity contribution in [3.05, 3.63) is 146 Å². The predicted molar refractivity (Wildman–Crippen MR) is 433 cm³/mol. The number of aliphatic hydroxyl groups excluding tert-OH is 12. The van der Waals surface area contributed by atoms with Crippen molar-refractivity contribution in [2.75, 3.05) is 26.4 Å². The van der Waals surface area contributed by atoms with Crippen molar-refractivity contribution in [3.63, 3.8) is 0 Å². The standard InChI is InChI=1S/4C10H19NO5.C10H8.2C6H6.C5H6.8C2H6/c4*1-3-7(13)11-8-5(2)16-6(4-12)9(14)10(8)15;1-2-6-10-8-4-3-7-9(10)5-1;2*1-2-4-6-5-3-1;1-2-4-5-3-1;8*1-2/h4*5-6,8-10,12,14-15H,3-4H2,1-2H3,(H,11,13);1-8H;2*1-6H;1-4H,5H2;8*1-2H3/t4*5-,6?,8?,9+,10-;;;;;;;;;;;;/m1111............/s1.